The second-order valence-electron chi connectivity index (χ2n) is 9.39. The summed E-state index contributed by atoms with van der Waals surface area (Å²) in [6, 6.07) is 14.9. The van der Waals surface area contributed by atoms with Gasteiger partial charge in [-0.1, -0.05) is 24.3 Å². The molecule has 1 heterocycles. The summed E-state index contributed by atoms with van der Waals surface area (Å²) in [5.74, 6) is 2.34. The maximum absolute atomic E-state index is 12.7. The predicted octanol–water partition coefficient (Wildman–Crippen LogP) is 4.74. The predicted molar refractivity (Wildman–Crippen MR) is 150 cm³/mol. The van der Waals surface area contributed by atoms with Crippen LogP contribution in [-0.4, -0.2) is 44.6 Å². The smallest absolute Gasteiger partial charge is 0.241 e. The minimum Gasteiger partial charge on any atom is -0.369 e. The molecule has 0 spiro atoms. The van der Waals surface area contributed by atoms with Crippen LogP contribution >= 0.6 is 15.9 Å². The molecule has 0 atom stereocenters. The lowest BCUT2D eigenvalue weighted by Gasteiger charge is -2.28. The quantitative estimate of drug-likeness (QED) is 0.230. The normalized spacial score (nSPS) is 18.3. The van der Waals surface area contributed by atoms with E-state index in [1.54, 1.807) is 18.2 Å². The first-order valence-electron chi connectivity index (χ1n) is 12.6. The molecule has 3 aromatic rings. The van der Waals surface area contributed by atoms with E-state index in [1.165, 1.54) is 0 Å². The third kappa shape index (κ3) is 7.15. The Hall–Kier alpha value is -2.27. The lowest BCUT2D eigenvalue weighted by Crippen LogP contribution is -2.32. The molecule has 1 aliphatic rings. The molecule has 0 radical (unpaired) electrons. The summed E-state index contributed by atoms with van der Waals surface area (Å²) >= 11 is 3.33. The number of halogens is 1. The van der Waals surface area contributed by atoms with Crippen molar-refractivity contribution in [3.8, 4) is 0 Å². The second-order valence-corrected chi connectivity index (χ2v) is 12.0. The standard InChI is InChI=1S/C26H35BrN6O2S/c27-22-8-2-4-10-24(22)36(34,35)31-18-20-13-11-19(12-14-20)17-30-26-32-23-9-3-1-7-21(23)25(33-26)29-16-6-5-15-28/h1-4,7-10,19-20,31H,5-6,11-18,28H2,(H2,29,30,32,33)/t19-,20-. The highest BCUT2D eigenvalue weighted by atomic mass is 79.9. The van der Waals surface area contributed by atoms with Crippen LogP contribution in [0.2, 0.25) is 0 Å². The van der Waals surface area contributed by atoms with Gasteiger partial charge < -0.3 is 16.4 Å². The van der Waals surface area contributed by atoms with Crippen LogP contribution in [-0.2, 0) is 10.0 Å². The van der Waals surface area contributed by atoms with Crippen LogP contribution in [0.3, 0.4) is 0 Å². The molecule has 1 fully saturated rings. The molecule has 0 aliphatic heterocycles. The van der Waals surface area contributed by atoms with Gasteiger partial charge in [-0.05, 0) is 97.1 Å². The Bertz CT molecular complexity index is 1250. The number of hydrogen-bond acceptors (Lipinski definition) is 7. The zero-order valence-electron chi connectivity index (χ0n) is 20.4. The lowest BCUT2D eigenvalue weighted by molar-refractivity contribution is 0.284. The van der Waals surface area contributed by atoms with Crippen LogP contribution in [0.25, 0.3) is 10.9 Å². The third-order valence-electron chi connectivity index (χ3n) is 6.73. The van der Waals surface area contributed by atoms with Crippen molar-refractivity contribution < 1.29 is 8.42 Å². The van der Waals surface area contributed by atoms with E-state index in [2.05, 4.69) is 31.3 Å². The summed E-state index contributed by atoms with van der Waals surface area (Å²) < 4.78 is 28.7. The van der Waals surface area contributed by atoms with Gasteiger partial charge in [0.05, 0.1) is 10.4 Å². The number of benzene rings is 2. The molecule has 2 aromatic carbocycles. The number of para-hydroxylation sites is 1. The van der Waals surface area contributed by atoms with Gasteiger partial charge in [-0.25, -0.2) is 18.1 Å². The van der Waals surface area contributed by atoms with Crippen LogP contribution in [0.5, 0.6) is 0 Å². The number of aromatic nitrogens is 2. The summed E-state index contributed by atoms with van der Waals surface area (Å²) in [5.41, 5.74) is 6.53. The molecule has 1 aliphatic carbocycles. The minimum atomic E-state index is -3.52. The van der Waals surface area contributed by atoms with Crippen molar-refractivity contribution in [2.24, 2.45) is 17.6 Å². The van der Waals surface area contributed by atoms with Crippen molar-refractivity contribution in [3.63, 3.8) is 0 Å². The molecule has 0 saturated heterocycles. The summed E-state index contributed by atoms with van der Waals surface area (Å²) in [6.45, 7) is 2.79. The van der Waals surface area contributed by atoms with E-state index in [1.807, 2.05) is 30.3 Å². The van der Waals surface area contributed by atoms with Crippen LogP contribution in [0.4, 0.5) is 11.8 Å². The number of fused-ring (bicyclic) bond motifs is 1. The van der Waals surface area contributed by atoms with E-state index in [0.717, 1.165) is 68.3 Å². The van der Waals surface area contributed by atoms with Gasteiger partial charge >= 0.3 is 0 Å². The topological polar surface area (TPSA) is 122 Å². The fourth-order valence-electron chi connectivity index (χ4n) is 4.61. The van der Waals surface area contributed by atoms with Gasteiger partial charge in [0, 0.05) is 29.5 Å². The first-order chi connectivity index (χ1) is 17.5. The molecular formula is C26H35BrN6O2S. The maximum Gasteiger partial charge on any atom is 0.241 e. The van der Waals surface area contributed by atoms with Crippen molar-refractivity contribution in [3.05, 3.63) is 53.0 Å². The summed E-state index contributed by atoms with van der Waals surface area (Å²) in [4.78, 5) is 9.74. The summed E-state index contributed by atoms with van der Waals surface area (Å²) in [6.07, 6.45) is 6.07. The minimum absolute atomic E-state index is 0.284. The summed E-state index contributed by atoms with van der Waals surface area (Å²) in [7, 11) is -3.52. The lowest BCUT2D eigenvalue weighted by atomic mass is 9.82. The Morgan fingerprint density at radius 2 is 1.58 bits per heavy atom. The highest BCUT2D eigenvalue weighted by molar-refractivity contribution is 9.10. The average Bonchev–Trinajstić information content (AvgIpc) is 2.89. The van der Waals surface area contributed by atoms with Gasteiger partial charge in [-0.15, -0.1) is 0 Å². The molecule has 0 amide bonds. The third-order valence-corrected chi connectivity index (χ3v) is 9.17. The SMILES string of the molecule is NCCCCNc1nc(NC[C@H]2CC[C@H](CNS(=O)(=O)c3ccccc3Br)CC2)nc2ccccc12. The van der Waals surface area contributed by atoms with Crippen molar-refractivity contribution in [1.82, 2.24) is 14.7 Å². The molecule has 1 aromatic heterocycles. The van der Waals surface area contributed by atoms with Crippen molar-refractivity contribution in [2.45, 2.75) is 43.4 Å². The van der Waals surface area contributed by atoms with Gasteiger partial charge in [0.15, 0.2) is 0 Å². The molecule has 0 unspecified atom stereocenters. The van der Waals surface area contributed by atoms with E-state index in [0.29, 0.717) is 35.3 Å². The average molecular weight is 576 g/mol. The van der Waals surface area contributed by atoms with E-state index in [4.69, 9.17) is 15.7 Å². The van der Waals surface area contributed by atoms with Crippen molar-refractivity contribution >= 4 is 48.6 Å². The van der Waals surface area contributed by atoms with Crippen LogP contribution < -0.4 is 21.1 Å². The maximum atomic E-state index is 12.7. The largest absolute Gasteiger partial charge is 0.369 e. The van der Waals surface area contributed by atoms with Gasteiger partial charge in [0.2, 0.25) is 16.0 Å². The Morgan fingerprint density at radius 1 is 0.889 bits per heavy atom. The second kappa shape index (κ2) is 12.8. The van der Waals surface area contributed by atoms with Gasteiger partial charge in [0.25, 0.3) is 0 Å². The van der Waals surface area contributed by atoms with E-state index in [9.17, 15) is 8.42 Å². The molecule has 36 heavy (non-hydrogen) atoms. The number of hydrogen-bond donors (Lipinski definition) is 4. The van der Waals surface area contributed by atoms with E-state index in [-0.39, 0.29) is 4.90 Å². The number of nitrogens with one attached hydrogen (secondary N) is 3. The number of sulfonamides is 1. The monoisotopic (exact) mass is 574 g/mol. The Labute approximate surface area is 222 Å². The zero-order chi connectivity index (χ0) is 25.4. The molecule has 10 heteroatoms. The van der Waals surface area contributed by atoms with E-state index >= 15 is 0 Å². The van der Waals surface area contributed by atoms with Crippen LogP contribution in [0.15, 0.2) is 57.9 Å². The molecule has 194 valence electrons. The zero-order valence-corrected chi connectivity index (χ0v) is 22.8. The van der Waals surface area contributed by atoms with Gasteiger partial charge in [-0.2, -0.15) is 4.98 Å². The molecule has 0 bridgehead atoms. The Kier molecular flexibility index (Phi) is 9.53. The fourth-order valence-corrected chi connectivity index (χ4v) is 6.73. The van der Waals surface area contributed by atoms with Gasteiger partial charge in [-0.3, -0.25) is 0 Å². The first kappa shape index (κ1) is 26.8. The van der Waals surface area contributed by atoms with Gasteiger partial charge in [0.1, 0.15) is 5.82 Å². The highest BCUT2D eigenvalue weighted by Gasteiger charge is 2.24. The fraction of sp³-hybridized carbons (Fsp3) is 0.462. The number of anilines is 2. The first-order valence-corrected chi connectivity index (χ1v) is 14.9. The summed E-state index contributed by atoms with van der Waals surface area (Å²) in [5, 5.41) is 7.91. The van der Waals surface area contributed by atoms with Crippen LogP contribution in [0.1, 0.15) is 38.5 Å². The van der Waals surface area contributed by atoms with Crippen molar-refractivity contribution in [2.75, 3.05) is 36.8 Å². The highest BCUT2D eigenvalue weighted by Crippen LogP contribution is 2.30. The molecule has 4 rings (SSSR count). The molecule has 8 nitrogen and oxygen atoms in total. The van der Waals surface area contributed by atoms with Crippen LogP contribution in [0, 0.1) is 11.8 Å². The number of nitrogens with two attached hydrogens (primary N) is 1. The molecule has 1 saturated carbocycles. The molecule has 5 N–H and O–H groups in total. The van der Waals surface area contributed by atoms with E-state index < -0.39 is 10.0 Å². The Balaban J connectivity index is 1.28. The van der Waals surface area contributed by atoms with Crippen molar-refractivity contribution in [1.29, 1.82) is 0 Å². The number of unbranched alkanes of at least 4 members (excludes halogenated alkanes) is 1. The number of nitrogens with zero attached hydrogens (tertiary/aromatic N) is 2. The number of rotatable bonds is 12. The molecular weight excluding hydrogens is 540 g/mol. The Morgan fingerprint density at radius 3 is 2.33 bits per heavy atom.